The number of halogens is 2. The van der Waals surface area contributed by atoms with E-state index in [2.05, 4.69) is 5.32 Å². The molecule has 4 nitrogen and oxygen atoms in total. The second-order valence-electron chi connectivity index (χ2n) is 4.32. The van der Waals surface area contributed by atoms with E-state index in [1.54, 1.807) is 12.1 Å². The Morgan fingerprint density at radius 1 is 1.24 bits per heavy atom. The number of amides is 1. The van der Waals surface area contributed by atoms with Gasteiger partial charge in [-0.25, -0.2) is 0 Å². The average Bonchev–Trinajstić information content (AvgIpc) is 2.49. The monoisotopic (exact) mass is 325 g/mol. The number of hydrogen-bond acceptors (Lipinski definition) is 3. The zero-order chi connectivity index (χ0) is 15.4. The van der Waals surface area contributed by atoms with Crippen molar-refractivity contribution in [3.05, 3.63) is 57.6 Å². The summed E-state index contributed by atoms with van der Waals surface area (Å²) in [5, 5.41) is 13.1. The van der Waals surface area contributed by atoms with Crippen LogP contribution in [0.3, 0.4) is 0 Å². The molecule has 0 aliphatic rings. The van der Waals surface area contributed by atoms with Gasteiger partial charge in [0.2, 0.25) is 0 Å². The first-order valence-corrected chi connectivity index (χ1v) is 6.86. The summed E-state index contributed by atoms with van der Waals surface area (Å²) in [7, 11) is 1.39. The van der Waals surface area contributed by atoms with Crippen molar-refractivity contribution in [2.45, 2.75) is 6.54 Å². The van der Waals surface area contributed by atoms with Crippen LogP contribution < -0.4 is 10.1 Å². The number of ether oxygens (including phenoxy) is 1. The van der Waals surface area contributed by atoms with Gasteiger partial charge in [0.05, 0.1) is 12.1 Å². The SMILES string of the molecule is COc1cc(C(=O)NCc2ccc(Cl)cc2)cc(Cl)c1O. The van der Waals surface area contributed by atoms with Crippen molar-refractivity contribution in [2.75, 3.05) is 7.11 Å². The number of methoxy groups -OCH3 is 1. The molecule has 21 heavy (non-hydrogen) atoms. The lowest BCUT2D eigenvalue weighted by Gasteiger charge is -2.09. The van der Waals surface area contributed by atoms with Gasteiger partial charge in [-0.3, -0.25) is 4.79 Å². The molecule has 0 bridgehead atoms. The smallest absolute Gasteiger partial charge is 0.251 e. The summed E-state index contributed by atoms with van der Waals surface area (Å²) in [6.45, 7) is 0.358. The molecule has 0 aromatic heterocycles. The fourth-order valence-corrected chi connectivity index (χ4v) is 2.08. The lowest BCUT2D eigenvalue weighted by atomic mass is 10.1. The Morgan fingerprint density at radius 2 is 1.90 bits per heavy atom. The maximum absolute atomic E-state index is 12.1. The minimum atomic E-state index is -0.315. The highest BCUT2D eigenvalue weighted by molar-refractivity contribution is 6.32. The van der Waals surface area contributed by atoms with E-state index >= 15 is 0 Å². The molecule has 0 aliphatic heterocycles. The Balaban J connectivity index is 2.10. The lowest BCUT2D eigenvalue weighted by Crippen LogP contribution is -2.22. The number of phenolic OH excluding ortho intramolecular Hbond substituents is 1. The van der Waals surface area contributed by atoms with Gasteiger partial charge in [0, 0.05) is 17.1 Å². The van der Waals surface area contributed by atoms with Crippen molar-refractivity contribution < 1.29 is 14.6 Å². The van der Waals surface area contributed by atoms with E-state index in [9.17, 15) is 9.90 Å². The zero-order valence-electron chi connectivity index (χ0n) is 11.2. The lowest BCUT2D eigenvalue weighted by molar-refractivity contribution is 0.0950. The average molecular weight is 326 g/mol. The molecule has 0 saturated heterocycles. The van der Waals surface area contributed by atoms with Crippen LogP contribution in [-0.2, 0) is 6.54 Å². The number of carbonyl (C=O) groups excluding carboxylic acids is 1. The summed E-state index contributed by atoms with van der Waals surface area (Å²) >= 11 is 11.6. The maximum atomic E-state index is 12.1. The summed E-state index contributed by atoms with van der Waals surface area (Å²) in [5.74, 6) is -0.349. The number of phenols is 1. The van der Waals surface area contributed by atoms with Gasteiger partial charge in [0.25, 0.3) is 5.91 Å². The van der Waals surface area contributed by atoms with Crippen molar-refractivity contribution in [1.82, 2.24) is 5.32 Å². The summed E-state index contributed by atoms with van der Waals surface area (Å²) in [4.78, 5) is 12.1. The summed E-state index contributed by atoms with van der Waals surface area (Å²) in [5.41, 5.74) is 1.23. The van der Waals surface area contributed by atoms with Gasteiger partial charge in [-0.2, -0.15) is 0 Å². The molecular formula is C15H13Cl2NO3. The maximum Gasteiger partial charge on any atom is 0.251 e. The van der Waals surface area contributed by atoms with Crippen LogP contribution in [0.5, 0.6) is 11.5 Å². The highest BCUT2D eigenvalue weighted by Crippen LogP contribution is 2.34. The Kier molecular flexibility index (Phi) is 4.94. The first kappa shape index (κ1) is 15.5. The van der Waals surface area contributed by atoms with Crippen LogP contribution in [0.1, 0.15) is 15.9 Å². The molecule has 0 fully saturated rings. The molecule has 0 aliphatic carbocycles. The molecule has 2 aromatic rings. The number of aromatic hydroxyl groups is 1. The van der Waals surface area contributed by atoms with Crippen LogP contribution in [-0.4, -0.2) is 18.1 Å². The predicted octanol–water partition coefficient (Wildman–Crippen LogP) is 3.64. The van der Waals surface area contributed by atoms with Gasteiger partial charge in [0.1, 0.15) is 0 Å². The van der Waals surface area contributed by atoms with Gasteiger partial charge in [0.15, 0.2) is 11.5 Å². The molecule has 0 atom stereocenters. The van der Waals surface area contributed by atoms with Crippen LogP contribution >= 0.6 is 23.2 Å². The first-order chi connectivity index (χ1) is 10.0. The second-order valence-corrected chi connectivity index (χ2v) is 5.16. The van der Waals surface area contributed by atoms with E-state index in [0.29, 0.717) is 17.1 Å². The molecule has 0 unspecified atom stereocenters. The number of carbonyl (C=O) groups is 1. The fraction of sp³-hybridized carbons (Fsp3) is 0.133. The van der Waals surface area contributed by atoms with Gasteiger partial charge in [-0.05, 0) is 29.8 Å². The van der Waals surface area contributed by atoms with E-state index in [1.165, 1.54) is 19.2 Å². The van der Waals surface area contributed by atoms with Gasteiger partial charge < -0.3 is 15.2 Å². The highest BCUT2D eigenvalue weighted by Gasteiger charge is 2.13. The van der Waals surface area contributed by atoms with Gasteiger partial charge in [-0.1, -0.05) is 35.3 Å². The fourth-order valence-electron chi connectivity index (χ4n) is 1.75. The summed E-state index contributed by atoms with van der Waals surface area (Å²) < 4.78 is 4.96. The second kappa shape index (κ2) is 6.70. The first-order valence-electron chi connectivity index (χ1n) is 6.10. The molecule has 0 spiro atoms. The van der Waals surface area contributed by atoms with Crippen LogP contribution in [0.4, 0.5) is 0 Å². The third-order valence-corrected chi connectivity index (χ3v) is 3.42. The largest absolute Gasteiger partial charge is 0.503 e. The predicted molar refractivity (Wildman–Crippen MR) is 82.3 cm³/mol. The minimum absolute atomic E-state index is 0.0611. The van der Waals surface area contributed by atoms with E-state index in [0.717, 1.165) is 5.56 Å². The number of nitrogens with one attached hydrogen (secondary N) is 1. The topological polar surface area (TPSA) is 58.6 Å². The van der Waals surface area contributed by atoms with Crippen molar-refractivity contribution in [2.24, 2.45) is 0 Å². The van der Waals surface area contributed by atoms with E-state index in [-0.39, 0.29) is 22.4 Å². The minimum Gasteiger partial charge on any atom is -0.503 e. The molecule has 6 heteroatoms. The molecule has 2 aromatic carbocycles. The number of rotatable bonds is 4. The third-order valence-electron chi connectivity index (χ3n) is 2.88. The van der Waals surface area contributed by atoms with E-state index < -0.39 is 0 Å². The summed E-state index contributed by atoms with van der Waals surface area (Å²) in [6, 6.07) is 9.97. The van der Waals surface area contributed by atoms with Gasteiger partial charge in [-0.15, -0.1) is 0 Å². The molecule has 2 rings (SSSR count). The molecule has 0 radical (unpaired) electrons. The standard InChI is InChI=1S/C15H13Cl2NO3/c1-21-13-7-10(6-12(17)14(13)19)15(20)18-8-9-2-4-11(16)5-3-9/h2-7,19H,8H2,1H3,(H,18,20). The van der Waals surface area contributed by atoms with Crippen LogP contribution in [0.25, 0.3) is 0 Å². The summed E-state index contributed by atoms with van der Waals surface area (Å²) in [6.07, 6.45) is 0. The van der Waals surface area contributed by atoms with E-state index in [1.807, 2.05) is 12.1 Å². The van der Waals surface area contributed by atoms with E-state index in [4.69, 9.17) is 27.9 Å². The van der Waals surface area contributed by atoms with Crippen LogP contribution in [0.2, 0.25) is 10.0 Å². The molecule has 1 amide bonds. The Hall–Kier alpha value is -1.91. The Bertz CT molecular complexity index is 657. The van der Waals surface area contributed by atoms with Crippen molar-refractivity contribution in [1.29, 1.82) is 0 Å². The quantitative estimate of drug-likeness (QED) is 0.902. The number of hydrogen-bond donors (Lipinski definition) is 2. The number of benzene rings is 2. The van der Waals surface area contributed by atoms with Crippen molar-refractivity contribution in [3.63, 3.8) is 0 Å². The van der Waals surface area contributed by atoms with Crippen LogP contribution in [0.15, 0.2) is 36.4 Å². The Morgan fingerprint density at radius 3 is 2.52 bits per heavy atom. The highest BCUT2D eigenvalue weighted by atomic mass is 35.5. The molecule has 0 saturated carbocycles. The van der Waals surface area contributed by atoms with Crippen LogP contribution in [0, 0.1) is 0 Å². The van der Waals surface area contributed by atoms with Crippen molar-refractivity contribution >= 4 is 29.1 Å². The molecule has 110 valence electrons. The molecule has 2 N–H and O–H groups in total. The van der Waals surface area contributed by atoms with Crippen molar-refractivity contribution in [3.8, 4) is 11.5 Å². The molecular weight excluding hydrogens is 313 g/mol. The normalized spacial score (nSPS) is 10.2. The molecule has 0 heterocycles. The zero-order valence-corrected chi connectivity index (χ0v) is 12.7. The third kappa shape index (κ3) is 3.80. The van der Waals surface area contributed by atoms with Gasteiger partial charge >= 0.3 is 0 Å². The Labute approximate surface area is 132 Å².